The van der Waals surface area contributed by atoms with Gasteiger partial charge in [-0.3, -0.25) is 4.79 Å². The Labute approximate surface area is 103 Å². The van der Waals surface area contributed by atoms with Crippen molar-refractivity contribution in [2.45, 2.75) is 19.4 Å². The first-order chi connectivity index (χ1) is 8.40. The number of fused-ring (bicyclic) bond motifs is 1. The van der Waals surface area contributed by atoms with Gasteiger partial charge >= 0.3 is 5.97 Å². The van der Waals surface area contributed by atoms with Crippen LogP contribution < -0.4 is 10.2 Å². The topological polar surface area (TPSA) is 76.7 Å². The highest BCUT2D eigenvalue weighted by Crippen LogP contribution is 2.22. The lowest BCUT2D eigenvalue weighted by Gasteiger charge is -2.21. The third-order valence-corrected chi connectivity index (χ3v) is 2.52. The van der Waals surface area contributed by atoms with E-state index in [9.17, 15) is 9.59 Å². The number of hydrogen-bond acceptors (Lipinski definition) is 4. The first-order valence-corrected chi connectivity index (χ1v) is 5.34. The molecule has 2 aromatic rings. The van der Waals surface area contributed by atoms with Crippen molar-refractivity contribution in [2.24, 2.45) is 0 Å². The van der Waals surface area contributed by atoms with Crippen LogP contribution in [0.3, 0.4) is 0 Å². The van der Waals surface area contributed by atoms with Gasteiger partial charge in [-0.25, -0.2) is 4.79 Å². The zero-order valence-corrected chi connectivity index (χ0v) is 9.97. The monoisotopic (exact) mass is 248 g/mol. The Morgan fingerprint density at radius 3 is 2.72 bits per heavy atom. The highest BCUT2D eigenvalue weighted by molar-refractivity contribution is 5.79. The van der Waals surface area contributed by atoms with Crippen LogP contribution in [0, 0.1) is 0 Å². The van der Waals surface area contributed by atoms with Gasteiger partial charge in [0.2, 0.25) is 0 Å². The molecule has 0 radical (unpaired) electrons. The van der Waals surface area contributed by atoms with E-state index in [-0.39, 0.29) is 5.43 Å². The molecule has 18 heavy (non-hydrogen) atoms. The Hall–Kier alpha value is -2.30. The summed E-state index contributed by atoms with van der Waals surface area (Å²) >= 11 is 0. The maximum atomic E-state index is 11.5. The molecule has 0 fully saturated rings. The second-order valence-corrected chi connectivity index (χ2v) is 4.36. The zero-order chi connectivity index (χ0) is 13.3. The van der Waals surface area contributed by atoms with Crippen molar-refractivity contribution in [2.75, 3.05) is 0 Å². The van der Waals surface area contributed by atoms with Crippen LogP contribution in [0.1, 0.15) is 13.8 Å². The van der Waals surface area contributed by atoms with Gasteiger partial charge < -0.3 is 14.3 Å². The normalized spacial score (nSPS) is 11.4. The molecule has 0 aliphatic carbocycles. The van der Waals surface area contributed by atoms with E-state index in [4.69, 9.17) is 14.3 Å². The van der Waals surface area contributed by atoms with E-state index in [1.807, 2.05) is 0 Å². The maximum absolute atomic E-state index is 11.5. The second kappa shape index (κ2) is 4.18. The quantitative estimate of drug-likeness (QED) is 0.899. The minimum absolute atomic E-state index is 0.153. The Morgan fingerprint density at radius 1 is 1.33 bits per heavy atom. The van der Waals surface area contributed by atoms with Crippen molar-refractivity contribution in [1.29, 1.82) is 0 Å². The van der Waals surface area contributed by atoms with Crippen LogP contribution in [0.5, 0.6) is 5.75 Å². The molecule has 0 unspecified atom stereocenters. The van der Waals surface area contributed by atoms with Crippen molar-refractivity contribution in [3.05, 3.63) is 40.8 Å². The lowest BCUT2D eigenvalue weighted by atomic mass is 10.1. The molecule has 1 N–H and O–H groups in total. The van der Waals surface area contributed by atoms with Gasteiger partial charge in [-0.1, -0.05) is 0 Å². The fourth-order valence-electron chi connectivity index (χ4n) is 1.46. The Kier molecular flexibility index (Phi) is 2.82. The van der Waals surface area contributed by atoms with Gasteiger partial charge in [-0.05, 0) is 26.0 Å². The predicted molar refractivity (Wildman–Crippen MR) is 64.8 cm³/mol. The Morgan fingerprint density at radius 2 is 2.06 bits per heavy atom. The van der Waals surface area contributed by atoms with Gasteiger partial charge in [0.1, 0.15) is 11.3 Å². The van der Waals surface area contributed by atoms with E-state index in [0.29, 0.717) is 16.7 Å². The highest BCUT2D eigenvalue weighted by Gasteiger charge is 2.29. The standard InChI is InChI=1S/C13H12O5/c1-13(2,12(15)16)18-8-3-4-9-10(14)5-6-17-11(9)7-8/h3-7H,1-2H3,(H,15,16). The molecular formula is C13H12O5. The van der Waals surface area contributed by atoms with Crippen LogP contribution in [0.2, 0.25) is 0 Å². The third-order valence-electron chi connectivity index (χ3n) is 2.52. The number of carboxylic acid groups (broad SMARTS) is 1. The number of hydrogen-bond donors (Lipinski definition) is 1. The van der Waals surface area contributed by atoms with Crippen molar-refractivity contribution in [3.8, 4) is 5.75 Å². The van der Waals surface area contributed by atoms with Crippen LogP contribution in [0.4, 0.5) is 0 Å². The summed E-state index contributed by atoms with van der Waals surface area (Å²) in [6, 6.07) is 5.92. The summed E-state index contributed by atoms with van der Waals surface area (Å²) in [5, 5.41) is 9.39. The fraction of sp³-hybridized carbons (Fsp3) is 0.231. The van der Waals surface area contributed by atoms with Gasteiger partial charge in [-0.2, -0.15) is 0 Å². The summed E-state index contributed by atoms with van der Waals surface area (Å²) < 4.78 is 10.5. The number of aliphatic carboxylic acids is 1. The van der Waals surface area contributed by atoms with E-state index >= 15 is 0 Å². The van der Waals surface area contributed by atoms with Gasteiger partial charge in [-0.15, -0.1) is 0 Å². The molecule has 1 heterocycles. The largest absolute Gasteiger partial charge is 0.478 e. The summed E-state index contributed by atoms with van der Waals surface area (Å²) in [6.07, 6.45) is 1.29. The molecule has 0 aliphatic heterocycles. The van der Waals surface area contributed by atoms with Gasteiger partial charge in [0.25, 0.3) is 0 Å². The first-order valence-electron chi connectivity index (χ1n) is 5.34. The predicted octanol–water partition coefficient (Wildman–Crippen LogP) is 2.03. The third kappa shape index (κ3) is 2.20. The molecule has 0 saturated carbocycles. The molecule has 1 aromatic heterocycles. The highest BCUT2D eigenvalue weighted by atomic mass is 16.5. The molecule has 94 valence electrons. The van der Waals surface area contributed by atoms with Crippen LogP contribution in [0.25, 0.3) is 11.0 Å². The number of rotatable bonds is 3. The smallest absolute Gasteiger partial charge is 0.347 e. The summed E-state index contributed by atoms with van der Waals surface area (Å²) in [4.78, 5) is 22.4. The molecule has 5 heteroatoms. The van der Waals surface area contributed by atoms with E-state index < -0.39 is 11.6 Å². The Balaban J connectivity index is 2.43. The fourth-order valence-corrected chi connectivity index (χ4v) is 1.46. The van der Waals surface area contributed by atoms with Gasteiger partial charge in [0.15, 0.2) is 11.0 Å². The molecule has 0 bridgehead atoms. The van der Waals surface area contributed by atoms with E-state index in [1.165, 1.54) is 32.2 Å². The SMILES string of the molecule is CC(C)(Oc1ccc2c(=O)ccoc2c1)C(=O)O. The van der Waals surface area contributed by atoms with Crippen LogP contribution in [-0.4, -0.2) is 16.7 Å². The first kappa shape index (κ1) is 12.2. The van der Waals surface area contributed by atoms with E-state index in [2.05, 4.69) is 0 Å². The molecule has 5 nitrogen and oxygen atoms in total. The van der Waals surface area contributed by atoms with E-state index in [1.54, 1.807) is 12.1 Å². The molecule has 2 rings (SSSR count). The van der Waals surface area contributed by atoms with Crippen LogP contribution in [-0.2, 0) is 4.79 Å². The minimum Gasteiger partial charge on any atom is -0.478 e. The molecule has 1 aromatic carbocycles. The lowest BCUT2D eigenvalue weighted by molar-refractivity contribution is -0.152. The van der Waals surface area contributed by atoms with Crippen molar-refractivity contribution in [1.82, 2.24) is 0 Å². The molecule has 0 saturated heterocycles. The van der Waals surface area contributed by atoms with Crippen LogP contribution in [0.15, 0.2) is 39.7 Å². The van der Waals surface area contributed by atoms with E-state index in [0.717, 1.165) is 0 Å². The number of carbonyl (C=O) groups is 1. The average molecular weight is 248 g/mol. The molecule has 0 aliphatic rings. The molecule has 0 spiro atoms. The lowest BCUT2D eigenvalue weighted by Crippen LogP contribution is -2.37. The maximum Gasteiger partial charge on any atom is 0.347 e. The molecule has 0 atom stereocenters. The van der Waals surface area contributed by atoms with Gasteiger partial charge in [0.05, 0.1) is 11.6 Å². The number of carboxylic acids is 1. The number of benzene rings is 1. The second-order valence-electron chi connectivity index (χ2n) is 4.36. The minimum atomic E-state index is -1.34. The average Bonchev–Trinajstić information content (AvgIpc) is 2.28. The van der Waals surface area contributed by atoms with Crippen molar-refractivity contribution >= 4 is 16.9 Å². The molecule has 0 amide bonds. The van der Waals surface area contributed by atoms with Crippen molar-refractivity contribution in [3.63, 3.8) is 0 Å². The van der Waals surface area contributed by atoms with Crippen molar-refractivity contribution < 1.29 is 19.1 Å². The summed E-state index contributed by atoms with van der Waals surface area (Å²) in [6.45, 7) is 2.89. The summed E-state index contributed by atoms with van der Waals surface area (Å²) in [7, 11) is 0. The van der Waals surface area contributed by atoms with Gasteiger partial charge in [0, 0.05) is 12.1 Å². The zero-order valence-electron chi connectivity index (χ0n) is 9.97. The summed E-state index contributed by atoms with van der Waals surface area (Å²) in [5.74, 6) is -0.735. The van der Waals surface area contributed by atoms with Crippen LogP contribution >= 0.6 is 0 Å². The number of ether oxygens (including phenoxy) is 1. The molecular weight excluding hydrogens is 236 g/mol. The summed E-state index contributed by atoms with van der Waals surface area (Å²) in [5.41, 5.74) is -1.13. The Bertz CT molecular complexity index is 654.